The minimum atomic E-state index is -0.558. The lowest BCUT2D eigenvalue weighted by Crippen LogP contribution is -2.17. The van der Waals surface area contributed by atoms with E-state index < -0.39 is 6.23 Å². The summed E-state index contributed by atoms with van der Waals surface area (Å²) in [5, 5.41) is 12.7. The van der Waals surface area contributed by atoms with Gasteiger partial charge in [-0.05, 0) is 24.6 Å². The van der Waals surface area contributed by atoms with Crippen LogP contribution >= 0.6 is 11.8 Å². The number of hydrogen-bond donors (Lipinski definition) is 1. The first-order valence-electron chi connectivity index (χ1n) is 9.88. The minimum absolute atomic E-state index is 0.421. The minimum Gasteiger partial charge on any atom is -0.493 e. The summed E-state index contributed by atoms with van der Waals surface area (Å²) in [7, 11) is 4.74. The van der Waals surface area contributed by atoms with Crippen LogP contribution in [0.3, 0.4) is 0 Å². The maximum absolute atomic E-state index is 6.33. The molecule has 0 spiro atoms. The lowest BCUT2D eigenvalue weighted by molar-refractivity contribution is 0.223. The van der Waals surface area contributed by atoms with Crippen LogP contribution in [0, 0.1) is 0 Å². The zero-order valence-electron chi connectivity index (χ0n) is 17.8. The van der Waals surface area contributed by atoms with Crippen LogP contribution in [0.2, 0.25) is 0 Å². The molecule has 0 saturated heterocycles. The van der Waals surface area contributed by atoms with Gasteiger partial charge in [0.25, 0.3) is 0 Å². The number of fused-ring (bicyclic) bond motifs is 3. The number of para-hydroxylation sites is 1. The summed E-state index contributed by atoms with van der Waals surface area (Å²) >= 11 is 1.55. The number of rotatable bonds is 7. The number of nitrogens with zero attached hydrogens (tertiary/aromatic N) is 3. The first kappa shape index (κ1) is 21.0. The summed E-state index contributed by atoms with van der Waals surface area (Å²) in [6.45, 7) is 2.11. The molecule has 1 aliphatic rings. The Morgan fingerprint density at radius 3 is 2.45 bits per heavy atom. The first-order chi connectivity index (χ1) is 15.2. The van der Waals surface area contributed by atoms with Gasteiger partial charge < -0.3 is 24.3 Å². The molecule has 31 heavy (non-hydrogen) atoms. The molecule has 1 N–H and O–H groups in total. The SMILES string of the molecule is CCCSc1nnc2c(n1)OC(c1cc(OC)c(OC)c(OC)c1)Nc1ccccc1-2. The third kappa shape index (κ3) is 4.18. The zero-order chi connectivity index (χ0) is 21.8. The third-order valence-corrected chi connectivity index (χ3v) is 5.80. The number of nitrogens with one attached hydrogen (secondary N) is 1. The van der Waals surface area contributed by atoms with E-state index in [1.165, 1.54) is 0 Å². The van der Waals surface area contributed by atoms with Crippen LogP contribution in [-0.4, -0.2) is 42.3 Å². The predicted octanol–water partition coefficient (Wildman–Crippen LogP) is 4.57. The van der Waals surface area contributed by atoms with Crippen LogP contribution in [0.25, 0.3) is 11.3 Å². The normalized spacial score (nSPS) is 14.4. The highest BCUT2D eigenvalue weighted by Crippen LogP contribution is 2.43. The van der Waals surface area contributed by atoms with Crippen molar-refractivity contribution in [3.63, 3.8) is 0 Å². The van der Waals surface area contributed by atoms with E-state index in [0.29, 0.717) is 34.0 Å². The van der Waals surface area contributed by atoms with Gasteiger partial charge in [-0.2, -0.15) is 4.98 Å². The van der Waals surface area contributed by atoms with Crippen LogP contribution in [0.4, 0.5) is 5.69 Å². The van der Waals surface area contributed by atoms with E-state index >= 15 is 0 Å². The molecule has 1 aromatic heterocycles. The van der Waals surface area contributed by atoms with Crippen molar-refractivity contribution in [1.82, 2.24) is 15.2 Å². The van der Waals surface area contributed by atoms with Gasteiger partial charge in [0.15, 0.2) is 23.4 Å². The Kier molecular flexibility index (Phi) is 6.31. The van der Waals surface area contributed by atoms with E-state index in [1.54, 1.807) is 33.1 Å². The number of anilines is 1. The van der Waals surface area contributed by atoms with Gasteiger partial charge in [-0.1, -0.05) is 36.9 Å². The molecule has 1 aliphatic heterocycles. The molecule has 8 nitrogen and oxygen atoms in total. The van der Waals surface area contributed by atoms with Crippen molar-refractivity contribution in [3.05, 3.63) is 42.0 Å². The molecule has 162 valence electrons. The Hall–Kier alpha value is -3.20. The van der Waals surface area contributed by atoms with Crippen molar-refractivity contribution in [1.29, 1.82) is 0 Å². The molecular weight excluding hydrogens is 416 g/mol. The maximum atomic E-state index is 6.33. The highest BCUT2D eigenvalue weighted by atomic mass is 32.2. The molecule has 1 unspecified atom stereocenters. The first-order valence-corrected chi connectivity index (χ1v) is 10.9. The predicted molar refractivity (Wildman–Crippen MR) is 119 cm³/mol. The fourth-order valence-corrected chi connectivity index (χ4v) is 3.94. The van der Waals surface area contributed by atoms with Crippen LogP contribution < -0.4 is 24.3 Å². The Morgan fingerprint density at radius 2 is 1.77 bits per heavy atom. The Bertz CT molecular complexity index is 1050. The summed E-state index contributed by atoms with van der Waals surface area (Å²) in [5.41, 5.74) is 3.13. The standard InChI is InChI=1S/C22H24N4O4S/c1-5-10-31-22-24-21-18(25-26-22)14-8-6-7-9-15(14)23-20(30-21)13-11-16(27-2)19(29-4)17(12-13)28-3/h6-9,11-12,20,23H,5,10H2,1-4H3. The van der Waals surface area contributed by atoms with Crippen molar-refractivity contribution >= 4 is 17.4 Å². The van der Waals surface area contributed by atoms with Crippen LogP contribution in [0.5, 0.6) is 23.1 Å². The van der Waals surface area contributed by atoms with Crippen molar-refractivity contribution in [3.8, 4) is 34.4 Å². The van der Waals surface area contributed by atoms with E-state index in [9.17, 15) is 0 Å². The number of ether oxygens (including phenoxy) is 4. The largest absolute Gasteiger partial charge is 0.493 e. The quantitative estimate of drug-likeness (QED) is 0.531. The summed E-state index contributed by atoms with van der Waals surface area (Å²) < 4.78 is 22.8. The average molecular weight is 441 g/mol. The van der Waals surface area contributed by atoms with Crippen molar-refractivity contribution in [2.45, 2.75) is 24.7 Å². The maximum Gasteiger partial charge on any atom is 0.247 e. The third-order valence-electron chi connectivity index (χ3n) is 4.76. The number of aromatic nitrogens is 3. The van der Waals surface area contributed by atoms with Crippen LogP contribution in [0.15, 0.2) is 41.6 Å². The molecule has 0 bridgehead atoms. The molecule has 0 saturated carbocycles. The van der Waals surface area contributed by atoms with Crippen LogP contribution in [0.1, 0.15) is 25.1 Å². The fraction of sp³-hybridized carbons (Fsp3) is 0.318. The van der Waals surface area contributed by atoms with Gasteiger partial charge in [0.05, 0.1) is 21.3 Å². The second kappa shape index (κ2) is 9.30. The molecule has 0 amide bonds. The van der Waals surface area contributed by atoms with Gasteiger partial charge in [0.2, 0.25) is 16.8 Å². The Labute approximate surface area is 185 Å². The van der Waals surface area contributed by atoms with E-state index in [2.05, 4.69) is 27.4 Å². The fourth-order valence-electron chi connectivity index (χ4n) is 3.31. The van der Waals surface area contributed by atoms with E-state index in [1.807, 2.05) is 36.4 Å². The molecule has 9 heteroatoms. The molecule has 2 heterocycles. The van der Waals surface area contributed by atoms with Gasteiger partial charge in [-0.25, -0.2) is 0 Å². The van der Waals surface area contributed by atoms with E-state index in [-0.39, 0.29) is 0 Å². The molecule has 0 aliphatic carbocycles. The molecule has 4 rings (SSSR count). The zero-order valence-corrected chi connectivity index (χ0v) is 18.7. The average Bonchev–Trinajstić information content (AvgIpc) is 2.98. The molecule has 3 aromatic rings. The van der Waals surface area contributed by atoms with Gasteiger partial charge in [0, 0.05) is 22.6 Å². The lowest BCUT2D eigenvalue weighted by Gasteiger charge is -2.21. The molecular formula is C22H24N4O4S. The molecule has 2 aromatic carbocycles. The second-order valence-corrected chi connectivity index (χ2v) is 7.81. The number of hydrogen-bond acceptors (Lipinski definition) is 9. The van der Waals surface area contributed by atoms with E-state index in [4.69, 9.17) is 18.9 Å². The van der Waals surface area contributed by atoms with Crippen molar-refractivity contribution in [2.75, 3.05) is 32.4 Å². The summed E-state index contributed by atoms with van der Waals surface area (Å²) in [6.07, 6.45) is 0.460. The summed E-state index contributed by atoms with van der Waals surface area (Å²) in [4.78, 5) is 4.64. The van der Waals surface area contributed by atoms with Gasteiger partial charge in [0.1, 0.15) is 0 Å². The van der Waals surface area contributed by atoms with Gasteiger partial charge in [-0.3, -0.25) is 0 Å². The number of methoxy groups -OCH3 is 3. The van der Waals surface area contributed by atoms with Gasteiger partial charge >= 0.3 is 0 Å². The Balaban J connectivity index is 1.81. The topological polar surface area (TPSA) is 87.6 Å². The van der Waals surface area contributed by atoms with Crippen molar-refractivity contribution in [2.24, 2.45) is 0 Å². The smallest absolute Gasteiger partial charge is 0.247 e. The lowest BCUT2D eigenvalue weighted by atomic mass is 10.1. The monoisotopic (exact) mass is 440 g/mol. The van der Waals surface area contributed by atoms with Gasteiger partial charge in [-0.15, -0.1) is 10.2 Å². The van der Waals surface area contributed by atoms with Crippen LogP contribution in [-0.2, 0) is 0 Å². The highest BCUT2D eigenvalue weighted by Gasteiger charge is 2.28. The molecule has 1 atom stereocenters. The summed E-state index contributed by atoms with van der Waals surface area (Å²) in [6, 6.07) is 11.6. The van der Waals surface area contributed by atoms with E-state index in [0.717, 1.165) is 29.0 Å². The second-order valence-electron chi connectivity index (χ2n) is 6.74. The van der Waals surface area contributed by atoms with Crippen molar-refractivity contribution < 1.29 is 18.9 Å². The summed E-state index contributed by atoms with van der Waals surface area (Å²) in [5.74, 6) is 2.93. The number of benzene rings is 2. The number of thioether (sulfide) groups is 1. The molecule has 0 radical (unpaired) electrons. The molecule has 0 fully saturated rings. The Morgan fingerprint density at radius 1 is 1.03 bits per heavy atom. The highest BCUT2D eigenvalue weighted by molar-refractivity contribution is 7.99.